The molecule has 1 aromatic carbocycles. The first-order chi connectivity index (χ1) is 7.06. The Balaban J connectivity index is 2.78. The van der Waals surface area contributed by atoms with E-state index in [9.17, 15) is 8.78 Å². The minimum absolute atomic E-state index is 0.0622. The van der Waals surface area contributed by atoms with Crippen LogP contribution >= 0.6 is 11.6 Å². The van der Waals surface area contributed by atoms with Gasteiger partial charge in [0.2, 0.25) is 0 Å². The van der Waals surface area contributed by atoms with Gasteiger partial charge < -0.3 is 0 Å². The highest BCUT2D eigenvalue weighted by Crippen LogP contribution is 2.30. The number of nitrogens with zero attached hydrogens (tertiary/aromatic N) is 2. The molecule has 0 unspecified atom stereocenters. The quantitative estimate of drug-likeness (QED) is 0.720. The average Bonchev–Trinajstić information content (AvgIpc) is 2.58. The van der Waals surface area contributed by atoms with Gasteiger partial charge in [0.15, 0.2) is 5.15 Å². The molecule has 0 spiro atoms. The molecular weight excluding hydrogens is 222 g/mol. The van der Waals surface area contributed by atoms with Crippen LogP contribution in [0.2, 0.25) is 5.15 Å². The SMILES string of the molecule is C=CC(F)(F)n1nc(Cl)c2ccccc21. The molecule has 15 heavy (non-hydrogen) atoms. The highest BCUT2D eigenvalue weighted by Gasteiger charge is 2.30. The van der Waals surface area contributed by atoms with Crippen LogP contribution in [0.5, 0.6) is 0 Å². The van der Waals surface area contributed by atoms with Crippen molar-refractivity contribution in [3.05, 3.63) is 42.1 Å². The highest BCUT2D eigenvalue weighted by molar-refractivity contribution is 6.34. The lowest BCUT2D eigenvalue weighted by atomic mass is 10.2. The molecule has 0 fully saturated rings. The Bertz CT molecular complexity index is 519. The van der Waals surface area contributed by atoms with Gasteiger partial charge in [-0.25, -0.2) is 0 Å². The number of hydrogen-bond donors (Lipinski definition) is 0. The Hall–Kier alpha value is -1.42. The summed E-state index contributed by atoms with van der Waals surface area (Å²) in [6.45, 7) is 3.07. The number of alkyl halides is 2. The van der Waals surface area contributed by atoms with E-state index in [-0.39, 0.29) is 10.7 Å². The summed E-state index contributed by atoms with van der Waals surface area (Å²) in [4.78, 5) is 0. The zero-order chi connectivity index (χ0) is 11.1. The van der Waals surface area contributed by atoms with Crippen molar-refractivity contribution in [1.82, 2.24) is 9.78 Å². The Morgan fingerprint density at radius 2 is 2.07 bits per heavy atom. The van der Waals surface area contributed by atoms with Crippen molar-refractivity contribution in [2.75, 3.05) is 0 Å². The molecule has 1 aromatic heterocycles. The maximum Gasteiger partial charge on any atom is 0.364 e. The summed E-state index contributed by atoms with van der Waals surface area (Å²) in [6.07, 6.45) is 0.531. The van der Waals surface area contributed by atoms with E-state index in [1.54, 1.807) is 18.2 Å². The lowest BCUT2D eigenvalue weighted by Gasteiger charge is -2.12. The molecule has 78 valence electrons. The number of rotatable bonds is 2. The fourth-order valence-corrected chi connectivity index (χ4v) is 1.58. The first-order valence-corrected chi connectivity index (χ1v) is 4.59. The summed E-state index contributed by atoms with van der Waals surface area (Å²) in [5.74, 6) is 0. The second kappa shape index (κ2) is 3.31. The third-order valence-corrected chi connectivity index (χ3v) is 2.35. The molecule has 0 aliphatic rings. The molecule has 0 aliphatic heterocycles. The summed E-state index contributed by atoms with van der Waals surface area (Å²) in [7, 11) is 0. The lowest BCUT2D eigenvalue weighted by molar-refractivity contribution is -0.0349. The molecule has 2 aromatic rings. The second-order valence-electron chi connectivity index (χ2n) is 3.01. The molecule has 0 aliphatic carbocycles. The molecule has 1 heterocycles. The van der Waals surface area contributed by atoms with Crippen LogP contribution in [0.4, 0.5) is 8.78 Å². The maximum absolute atomic E-state index is 13.4. The molecule has 0 saturated carbocycles. The van der Waals surface area contributed by atoms with E-state index < -0.39 is 6.05 Å². The van der Waals surface area contributed by atoms with Gasteiger partial charge in [-0.1, -0.05) is 30.3 Å². The van der Waals surface area contributed by atoms with E-state index in [2.05, 4.69) is 11.7 Å². The predicted octanol–water partition coefficient (Wildman–Crippen LogP) is 3.43. The third kappa shape index (κ3) is 1.51. The molecule has 0 bridgehead atoms. The molecule has 0 amide bonds. The summed E-state index contributed by atoms with van der Waals surface area (Å²) < 4.78 is 27.3. The van der Waals surface area contributed by atoms with E-state index in [1.165, 1.54) is 6.07 Å². The minimum atomic E-state index is -3.23. The number of para-hydroxylation sites is 1. The summed E-state index contributed by atoms with van der Waals surface area (Å²) in [5.41, 5.74) is 0.285. The van der Waals surface area contributed by atoms with Crippen molar-refractivity contribution in [3.8, 4) is 0 Å². The van der Waals surface area contributed by atoms with Crippen LogP contribution in [0.3, 0.4) is 0 Å². The van der Waals surface area contributed by atoms with Crippen molar-refractivity contribution in [2.24, 2.45) is 0 Å². The first kappa shape index (κ1) is 10.1. The van der Waals surface area contributed by atoms with Gasteiger partial charge in [0.25, 0.3) is 0 Å². The van der Waals surface area contributed by atoms with Crippen LogP contribution in [-0.4, -0.2) is 9.78 Å². The van der Waals surface area contributed by atoms with E-state index in [1.807, 2.05) is 0 Å². The van der Waals surface area contributed by atoms with Crippen LogP contribution in [0, 0.1) is 0 Å². The number of allylic oxidation sites excluding steroid dienone is 1. The predicted molar refractivity (Wildman–Crippen MR) is 55.1 cm³/mol. The van der Waals surface area contributed by atoms with E-state index >= 15 is 0 Å². The molecular formula is C10H7ClF2N2. The van der Waals surface area contributed by atoms with Crippen LogP contribution in [0.15, 0.2) is 36.9 Å². The van der Waals surface area contributed by atoms with Gasteiger partial charge in [-0.2, -0.15) is 18.6 Å². The molecule has 0 N–H and O–H groups in total. The largest absolute Gasteiger partial charge is 0.364 e. The van der Waals surface area contributed by atoms with Crippen molar-refractivity contribution in [2.45, 2.75) is 6.05 Å². The maximum atomic E-state index is 13.4. The number of hydrogen-bond acceptors (Lipinski definition) is 1. The summed E-state index contributed by atoms with van der Waals surface area (Å²) in [5, 5.41) is 4.16. The van der Waals surface area contributed by atoms with Gasteiger partial charge >= 0.3 is 6.05 Å². The van der Waals surface area contributed by atoms with Crippen LogP contribution in [0.1, 0.15) is 0 Å². The monoisotopic (exact) mass is 228 g/mol. The van der Waals surface area contributed by atoms with Gasteiger partial charge in [-0.15, -0.1) is 0 Å². The molecule has 0 radical (unpaired) electrons. The van der Waals surface area contributed by atoms with Crippen molar-refractivity contribution in [3.63, 3.8) is 0 Å². The van der Waals surface area contributed by atoms with Crippen molar-refractivity contribution in [1.29, 1.82) is 0 Å². The Morgan fingerprint density at radius 3 is 2.73 bits per heavy atom. The number of fused-ring (bicyclic) bond motifs is 1. The zero-order valence-corrected chi connectivity index (χ0v) is 8.38. The third-order valence-electron chi connectivity index (χ3n) is 2.07. The van der Waals surface area contributed by atoms with Crippen molar-refractivity contribution < 1.29 is 8.78 Å². The Morgan fingerprint density at radius 1 is 1.40 bits per heavy atom. The van der Waals surface area contributed by atoms with Crippen LogP contribution in [0.25, 0.3) is 10.9 Å². The Labute approximate surface area is 89.8 Å². The van der Waals surface area contributed by atoms with E-state index in [0.717, 1.165) is 0 Å². The van der Waals surface area contributed by atoms with Crippen LogP contribution in [-0.2, 0) is 6.05 Å². The van der Waals surface area contributed by atoms with Gasteiger partial charge in [0.1, 0.15) is 0 Å². The van der Waals surface area contributed by atoms with Gasteiger partial charge in [-0.3, -0.25) is 0 Å². The smallest absolute Gasteiger partial charge is 0.196 e. The molecule has 2 rings (SSSR count). The molecule has 0 atom stereocenters. The van der Waals surface area contributed by atoms with Gasteiger partial charge in [0.05, 0.1) is 5.52 Å². The molecule has 0 saturated heterocycles. The summed E-state index contributed by atoms with van der Waals surface area (Å²) >= 11 is 5.74. The van der Waals surface area contributed by atoms with E-state index in [0.29, 0.717) is 16.1 Å². The highest BCUT2D eigenvalue weighted by atomic mass is 35.5. The lowest BCUT2D eigenvalue weighted by Crippen LogP contribution is -2.20. The normalized spacial score (nSPS) is 11.9. The topological polar surface area (TPSA) is 17.8 Å². The van der Waals surface area contributed by atoms with E-state index in [4.69, 9.17) is 11.6 Å². The zero-order valence-electron chi connectivity index (χ0n) is 7.62. The van der Waals surface area contributed by atoms with Crippen molar-refractivity contribution >= 4 is 22.5 Å². The molecule has 2 nitrogen and oxygen atoms in total. The van der Waals surface area contributed by atoms with Gasteiger partial charge in [0, 0.05) is 11.5 Å². The van der Waals surface area contributed by atoms with Gasteiger partial charge in [-0.05, 0) is 12.1 Å². The number of aromatic nitrogens is 2. The minimum Gasteiger partial charge on any atom is -0.196 e. The van der Waals surface area contributed by atoms with Crippen LogP contribution < -0.4 is 0 Å². The number of halogens is 3. The average molecular weight is 229 g/mol. The second-order valence-corrected chi connectivity index (χ2v) is 3.37. The fourth-order valence-electron chi connectivity index (χ4n) is 1.34. The standard InChI is InChI=1S/C10H7ClF2N2/c1-2-10(12,13)15-8-6-4-3-5-7(8)9(11)14-15/h2-6H,1H2. The number of benzene rings is 1. The first-order valence-electron chi connectivity index (χ1n) is 4.21. The molecule has 5 heteroatoms. The fraction of sp³-hybridized carbons (Fsp3) is 0.100. The summed E-state index contributed by atoms with van der Waals surface area (Å²) in [6, 6.07) is 3.31. The Kier molecular flexibility index (Phi) is 2.23.